The molecule has 90 valence electrons. The van der Waals surface area contributed by atoms with E-state index < -0.39 is 0 Å². The lowest BCUT2D eigenvalue weighted by molar-refractivity contribution is 0.565. The molecule has 0 saturated carbocycles. The topological polar surface area (TPSA) is 60.1 Å². The predicted octanol–water partition coefficient (Wildman–Crippen LogP) is 2.41. The van der Waals surface area contributed by atoms with Gasteiger partial charge in [-0.2, -0.15) is 4.99 Å². The molecule has 5 nitrogen and oxygen atoms in total. The zero-order chi connectivity index (χ0) is 12.5. The standard InChI is InChI=1S/C12H10N4OS/c1-8-6-16-11(14-15-12(16)18-8)9-3-2-4-10(5-9)13-7-17/h2-5,8H,6H2,1H3. The van der Waals surface area contributed by atoms with E-state index in [4.69, 9.17) is 0 Å². The molecule has 2 aromatic rings. The van der Waals surface area contributed by atoms with Crippen molar-refractivity contribution < 1.29 is 4.79 Å². The summed E-state index contributed by atoms with van der Waals surface area (Å²) in [4.78, 5) is 13.9. The highest BCUT2D eigenvalue weighted by atomic mass is 32.2. The van der Waals surface area contributed by atoms with Crippen LogP contribution in [0.2, 0.25) is 0 Å². The maximum absolute atomic E-state index is 10.3. The summed E-state index contributed by atoms with van der Waals surface area (Å²) in [6, 6.07) is 7.36. The molecular formula is C12H10N4OS. The lowest BCUT2D eigenvalue weighted by atomic mass is 10.2. The first-order valence-corrected chi connectivity index (χ1v) is 6.44. The van der Waals surface area contributed by atoms with Crippen LogP contribution in [0.4, 0.5) is 5.69 Å². The van der Waals surface area contributed by atoms with Crippen LogP contribution in [0.1, 0.15) is 6.92 Å². The smallest absolute Gasteiger partial charge is 0.240 e. The predicted molar refractivity (Wildman–Crippen MR) is 68.6 cm³/mol. The molecule has 0 aliphatic carbocycles. The van der Waals surface area contributed by atoms with E-state index in [9.17, 15) is 4.79 Å². The van der Waals surface area contributed by atoms with Gasteiger partial charge >= 0.3 is 0 Å². The second-order valence-corrected chi connectivity index (χ2v) is 5.50. The Morgan fingerprint density at radius 3 is 3.22 bits per heavy atom. The van der Waals surface area contributed by atoms with Crippen LogP contribution < -0.4 is 0 Å². The number of aromatic nitrogens is 3. The Balaban J connectivity index is 2.06. The van der Waals surface area contributed by atoms with Crippen molar-refractivity contribution in [3.05, 3.63) is 24.3 Å². The number of hydrogen-bond acceptors (Lipinski definition) is 5. The lowest BCUT2D eigenvalue weighted by Crippen LogP contribution is -2.02. The van der Waals surface area contributed by atoms with E-state index in [-0.39, 0.29) is 0 Å². The zero-order valence-electron chi connectivity index (χ0n) is 9.70. The fourth-order valence-corrected chi connectivity index (χ4v) is 2.96. The van der Waals surface area contributed by atoms with Gasteiger partial charge in [0.2, 0.25) is 6.08 Å². The minimum absolute atomic E-state index is 0.519. The summed E-state index contributed by atoms with van der Waals surface area (Å²) in [6.45, 7) is 3.07. The summed E-state index contributed by atoms with van der Waals surface area (Å²) < 4.78 is 2.10. The van der Waals surface area contributed by atoms with Crippen LogP contribution in [0.15, 0.2) is 34.4 Å². The van der Waals surface area contributed by atoms with Crippen molar-refractivity contribution in [1.29, 1.82) is 0 Å². The van der Waals surface area contributed by atoms with Gasteiger partial charge in [0, 0.05) is 17.4 Å². The highest BCUT2D eigenvalue weighted by Crippen LogP contribution is 2.34. The molecule has 1 aliphatic heterocycles. The van der Waals surface area contributed by atoms with Crippen molar-refractivity contribution in [2.75, 3.05) is 0 Å². The quantitative estimate of drug-likeness (QED) is 0.613. The molecule has 6 heteroatoms. The van der Waals surface area contributed by atoms with Gasteiger partial charge in [-0.1, -0.05) is 30.8 Å². The maximum atomic E-state index is 10.3. The number of carbonyl (C=O) groups excluding carboxylic acids is 1. The Kier molecular flexibility index (Phi) is 2.74. The second-order valence-electron chi connectivity index (χ2n) is 4.10. The highest BCUT2D eigenvalue weighted by Gasteiger charge is 2.24. The number of fused-ring (bicyclic) bond motifs is 1. The second kappa shape index (κ2) is 4.40. The van der Waals surface area contributed by atoms with Gasteiger partial charge in [-0.25, -0.2) is 4.79 Å². The molecular weight excluding hydrogens is 248 g/mol. The van der Waals surface area contributed by atoms with Gasteiger partial charge in [0.15, 0.2) is 11.0 Å². The average molecular weight is 258 g/mol. The van der Waals surface area contributed by atoms with Crippen molar-refractivity contribution >= 4 is 23.5 Å². The molecule has 2 heterocycles. The Hall–Kier alpha value is -1.91. The Bertz CT molecular complexity index is 645. The molecule has 0 radical (unpaired) electrons. The van der Waals surface area contributed by atoms with E-state index in [0.29, 0.717) is 10.9 Å². The number of nitrogens with zero attached hydrogens (tertiary/aromatic N) is 4. The summed E-state index contributed by atoms with van der Waals surface area (Å²) >= 11 is 1.72. The summed E-state index contributed by atoms with van der Waals surface area (Å²) in [6.07, 6.45) is 1.54. The summed E-state index contributed by atoms with van der Waals surface area (Å²) in [5.74, 6) is 0.824. The number of thioether (sulfide) groups is 1. The molecule has 0 amide bonds. The SMILES string of the molecule is CC1Cn2c(nnc2-c2cccc(N=C=O)c2)S1. The molecule has 18 heavy (non-hydrogen) atoms. The number of benzene rings is 1. The van der Waals surface area contributed by atoms with Crippen molar-refractivity contribution in [2.24, 2.45) is 4.99 Å². The monoisotopic (exact) mass is 258 g/mol. The summed E-state index contributed by atoms with van der Waals surface area (Å²) in [5, 5.41) is 9.83. The minimum atomic E-state index is 0.519. The van der Waals surface area contributed by atoms with Crippen molar-refractivity contribution in [3.8, 4) is 11.4 Å². The molecule has 1 unspecified atom stereocenters. The van der Waals surface area contributed by atoms with E-state index in [0.717, 1.165) is 23.1 Å². The molecule has 1 aromatic carbocycles. The van der Waals surface area contributed by atoms with Crippen LogP contribution in [-0.2, 0) is 11.3 Å². The van der Waals surface area contributed by atoms with Gasteiger partial charge in [-0.15, -0.1) is 10.2 Å². The van der Waals surface area contributed by atoms with Gasteiger partial charge in [-0.3, -0.25) is 0 Å². The molecule has 0 N–H and O–H groups in total. The lowest BCUT2D eigenvalue weighted by Gasteiger charge is -2.04. The number of rotatable bonds is 2. The van der Waals surface area contributed by atoms with Gasteiger partial charge in [0.25, 0.3) is 0 Å². The third kappa shape index (κ3) is 1.85. The van der Waals surface area contributed by atoms with E-state index in [1.165, 1.54) is 0 Å². The number of aliphatic imine (C=N–C) groups is 1. The fraction of sp³-hybridized carbons (Fsp3) is 0.250. The Morgan fingerprint density at radius 1 is 1.50 bits per heavy atom. The molecule has 0 bridgehead atoms. The van der Waals surface area contributed by atoms with Crippen LogP contribution in [-0.4, -0.2) is 26.1 Å². The first kappa shape index (κ1) is 11.2. The molecule has 0 spiro atoms. The van der Waals surface area contributed by atoms with E-state index in [2.05, 4.69) is 26.7 Å². The van der Waals surface area contributed by atoms with Crippen molar-refractivity contribution in [1.82, 2.24) is 14.8 Å². The van der Waals surface area contributed by atoms with Gasteiger partial charge < -0.3 is 4.57 Å². The fourth-order valence-electron chi connectivity index (χ4n) is 2.00. The largest absolute Gasteiger partial charge is 0.301 e. The third-order valence-electron chi connectivity index (χ3n) is 2.74. The van der Waals surface area contributed by atoms with E-state index >= 15 is 0 Å². The third-order valence-corrected chi connectivity index (χ3v) is 3.81. The van der Waals surface area contributed by atoms with Crippen LogP contribution in [0, 0.1) is 0 Å². The first-order valence-electron chi connectivity index (χ1n) is 5.56. The van der Waals surface area contributed by atoms with Crippen molar-refractivity contribution in [2.45, 2.75) is 23.9 Å². The van der Waals surface area contributed by atoms with Crippen molar-refractivity contribution in [3.63, 3.8) is 0 Å². The molecule has 1 aliphatic rings. The summed E-state index contributed by atoms with van der Waals surface area (Å²) in [7, 11) is 0. The molecule has 0 saturated heterocycles. The average Bonchev–Trinajstić information content (AvgIpc) is 2.88. The van der Waals surface area contributed by atoms with Gasteiger partial charge in [-0.05, 0) is 12.1 Å². The van der Waals surface area contributed by atoms with E-state index in [1.807, 2.05) is 18.2 Å². The zero-order valence-corrected chi connectivity index (χ0v) is 10.5. The van der Waals surface area contributed by atoms with Crippen LogP contribution in [0.3, 0.4) is 0 Å². The Labute approximate surface area is 108 Å². The molecule has 0 fully saturated rings. The van der Waals surface area contributed by atoms with Gasteiger partial charge in [0.1, 0.15) is 0 Å². The first-order chi connectivity index (χ1) is 8.78. The molecule has 3 rings (SSSR count). The maximum Gasteiger partial charge on any atom is 0.240 e. The van der Waals surface area contributed by atoms with E-state index in [1.54, 1.807) is 23.9 Å². The van der Waals surface area contributed by atoms with Crippen LogP contribution >= 0.6 is 11.8 Å². The van der Waals surface area contributed by atoms with Gasteiger partial charge in [0.05, 0.1) is 5.69 Å². The normalized spacial score (nSPS) is 17.3. The highest BCUT2D eigenvalue weighted by molar-refractivity contribution is 7.99. The number of hydrogen-bond donors (Lipinski definition) is 0. The number of isocyanates is 1. The van der Waals surface area contributed by atoms with Crippen LogP contribution in [0.5, 0.6) is 0 Å². The molecule has 1 atom stereocenters. The summed E-state index contributed by atoms with van der Waals surface area (Å²) in [5.41, 5.74) is 1.50. The van der Waals surface area contributed by atoms with Crippen LogP contribution in [0.25, 0.3) is 11.4 Å². The minimum Gasteiger partial charge on any atom is -0.301 e. The molecule has 1 aromatic heterocycles. The Morgan fingerprint density at radius 2 is 2.39 bits per heavy atom.